The summed E-state index contributed by atoms with van der Waals surface area (Å²) in [6.45, 7) is 3.17. The third kappa shape index (κ3) is 5.37. The van der Waals surface area contributed by atoms with Crippen molar-refractivity contribution in [2.24, 2.45) is 0 Å². The van der Waals surface area contributed by atoms with Gasteiger partial charge in [-0.25, -0.2) is 4.98 Å². The van der Waals surface area contributed by atoms with Gasteiger partial charge in [0.15, 0.2) is 10.3 Å². The molecule has 142 valence electrons. The Balaban J connectivity index is 1.50. The molecule has 0 aliphatic rings. The number of rotatable bonds is 9. The van der Waals surface area contributed by atoms with E-state index in [1.54, 1.807) is 17.6 Å². The molecule has 0 radical (unpaired) electrons. The molecule has 0 spiro atoms. The summed E-state index contributed by atoms with van der Waals surface area (Å²) in [6.07, 6.45) is 2.22. The van der Waals surface area contributed by atoms with E-state index in [-0.39, 0.29) is 17.6 Å². The second-order valence-electron chi connectivity index (χ2n) is 5.30. The maximum absolute atomic E-state index is 12.0. The summed E-state index contributed by atoms with van der Waals surface area (Å²) < 4.78 is 1.96. The summed E-state index contributed by atoms with van der Waals surface area (Å²) in [5.74, 6) is 0.797. The van der Waals surface area contributed by atoms with Gasteiger partial charge in [0.25, 0.3) is 5.91 Å². The van der Waals surface area contributed by atoms with Crippen molar-refractivity contribution in [1.82, 2.24) is 25.1 Å². The Morgan fingerprint density at radius 2 is 2.15 bits per heavy atom. The molecular weight excluding hydrogens is 404 g/mol. The van der Waals surface area contributed by atoms with Crippen LogP contribution in [0.4, 0.5) is 5.13 Å². The van der Waals surface area contributed by atoms with Crippen LogP contribution in [0.2, 0.25) is 0 Å². The van der Waals surface area contributed by atoms with Gasteiger partial charge < -0.3 is 15.2 Å². The van der Waals surface area contributed by atoms with Crippen molar-refractivity contribution in [1.29, 1.82) is 0 Å². The summed E-state index contributed by atoms with van der Waals surface area (Å²) >= 11 is 4.11. The second kappa shape index (κ2) is 9.62. The largest absolute Gasteiger partial charge is 0.351 e. The van der Waals surface area contributed by atoms with E-state index in [1.165, 1.54) is 34.4 Å². The molecule has 2 N–H and O–H groups in total. The summed E-state index contributed by atoms with van der Waals surface area (Å²) in [5, 5.41) is 18.9. The van der Waals surface area contributed by atoms with Crippen molar-refractivity contribution in [2.45, 2.75) is 25.0 Å². The zero-order chi connectivity index (χ0) is 19.1. The fourth-order valence-electron chi connectivity index (χ4n) is 2.28. The Morgan fingerprint density at radius 3 is 2.85 bits per heavy atom. The lowest BCUT2D eigenvalue weighted by Crippen LogP contribution is -2.25. The Morgan fingerprint density at radius 1 is 1.26 bits per heavy atom. The molecule has 0 aliphatic carbocycles. The van der Waals surface area contributed by atoms with Gasteiger partial charge in [0, 0.05) is 31.1 Å². The number of aromatic nitrogens is 4. The lowest BCUT2D eigenvalue weighted by atomic mass is 10.3. The van der Waals surface area contributed by atoms with Gasteiger partial charge in [0.1, 0.15) is 5.82 Å². The minimum atomic E-state index is -0.134. The van der Waals surface area contributed by atoms with E-state index in [4.69, 9.17) is 0 Å². The Bertz CT molecular complexity index is 876. The number of thiazole rings is 1. The van der Waals surface area contributed by atoms with Crippen molar-refractivity contribution in [2.75, 3.05) is 17.6 Å². The van der Waals surface area contributed by atoms with Crippen molar-refractivity contribution in [3.05, 3.63) is 39.8 Å². The number of amides is 2. The van der Waals surface area contributed by atoms with Crippen LogP contribution in [0.5, 0.6) is 0 Å². The van der Waals surface area contributed by atoms with Crippen LogP contribution < -0.4 is 10.6 Å². The SMILES string of the molecule is CCn1c(CCNC(=O)c2cccs2)nnc1SCC(=O)Nc1nccs1. The van der Waals surface area contributed by atoms with E-state index in [1.807, 2.05) is 22.9 Å². The van der Waals surface area contributed by atoms with Gasteiger partial charge in [0.2, 0.25) is 5.91 Å². The van der Waals surface area contributed by atoms with Crippen molar-refractivity contribution in [3.8, 4) is 0 Å². The van der Waals surface area contributed by atoms with Crippen molar-refractivity contribution >= 4 is 51.4 Å². The maximum atomic E-state index is 12.0. The third-order valence-electron chi connectivity index (χ3n) is 3.50. The van der Waals surface area contributed by atoms with Gasteiger partial charge in [-0.2, -0.15) is 0 Å². The highest BCUT2D eigenvalue weighted by atomic mass is 32.2. The second-order valence-corrected chi connectivity index (χ2v) is 8.09. The zero-order valence-corrected chi connectivity index (χ0v) is 17.0. The fraction of sp³-hybridized carbons (Fsp3) is 0.312. The zero-order valence-electron chi connectivity index (χ0n) is 14.5. The first-order chi connectivity index (χ1) is 13.2. The number of nitrogens with zero attached hydrogens (tertiary/aromatic N) is 4. The molecule has 3 rings (SSSR count). The first kappa shape index (κ1) is 19.5. The Kier molecular flexibility index (Phi) is 6.96. The molecule has 0 unspecified atom stereocenters. The molecule has 0 atom stereocenters. The molecule has 0 aromatic carbocycles. The molecule has 8 nitrogen and oxygen atoms in total. The van der Waals surface area contributed by atoms with Gasteiger partial charge in [-0.05, 0) is 18.4 Å². The minimum Gasteiger partial charge on any atom is -0.351 e. The average Bonchev–Trinajstić information content (AvgIpc) is 3.41. The van der Waals surface area contributed by atoms with Crippen LogP contribution >= 0.6 is 34.4 Å². The number of carbonyl (C=O) groups is 2. The highest BCUT2D eigenvalue weighted by molar-refractivity contribution is 7.99. The van der Waals surface area contributed by atoms with Gasteiger partial charge in [-0.1, -0.05) is 17.8 Å². The molecule has 27 heavy (non-hydrogen) atoms. The van der Waals surface area contributed by atoms with E-state index < -0.39 is 0 Å². The van der Waals surface area contributed by atoms with Crippen LogP contribution in [0.25, 0.3) is 0 Å². The van der Waals surface area contributed by atoms with E-state index in [0.717, 1.165) is 5.82 Å². The lowest BCUT2D eigenvalue weighted by molar-refractivity contribution is -0.113. The van der Waals surface area contributed by atoms with Crippen LogP contribution in [0.1, 0.15) is 22.4 Å². The van der Waals surface area contributed by atoms with E-state index in [0.29, 0.717) is 34.7 Å². The van der Waals surface area contributed by atoms with E-state index in [2.05, 4.69) is 25.8 Å². The van der Waals surface area contributed by atoms with Crippen molar-refractivity contribution in [3.63, 3.8) is 0 Å². The number of thiophene rings is 1. The molecule has 0 bridgehead atoms. The van der Waals surface area contributed by atoms with E-state index in [9.17, 15) is 9.59 Å². The van der Waals surface area contributed by atoms with Gasteiger partial charge >= 0.3 is 0 Å². The highest BCUT2D eigenvalue weighted by Gasteiger charge is 2.14. The molecule has 0 saturated carbocycles. The third-order valence-corrected chi connectivity index (χ3v) is 6.02. The molecule has 3 aromatic heterocycles. The standard InChI is InChI=1S/C16H18N6O2S3/c1-2-22-12(5-6-17-14(24)11-4-3-8-25-11)20-21-16(22)27-10-13(23)19-15-18-7-9-26-15/h3-4,7-9H,2,5-6,10H2,1H3,(H,17,24)(H,18,19,23). The quantitative estimate of drug-likeness (QED) is 0.514. The molecular formula is C16H18N6O2S3. The molecule has 0 saturated heterocycles. The molecule has 0 aliphatic heterocycles. The molecule has 0 fully saturated rings. The summed E-state index contributed by atoms with van der Waals surface area (Å²) in [5.41, 5.74) is 0. The molecule has 11 heteroatoms. The van der Waals surface area contributed by atoms with Crippen LogP contribution in [-0.4, -0.2) is 43.9 Å². The molecule has 2 amide bonds. The van der Waals surface area contributed by atoms with Gasteiger partial charge in [-0.15, -0.1) is 32.9 Å². The smallest absolute Gasteiger partial charge is 0.261 e. The number of nitrogens with one attached hydrogen (secondary N) is 2. The topological polar surface area (TPSA) is 102 Å². The van der Waals surface area contributed by atoms with Gasteiger partial charge in [0.05, 0.1) is 10.6 Å². The van der Waals surface area contributed by atoms with Crippen LogP contribution in [-0.2, 0) is 17.8 Å². The maximum Gasteiger partial charge on any atom is 0.261 e. The minimum absolute atomic E-state index is 0.0824. The number of hydrogen-bond donors (Lipinski definition) is 2. The molecule has 3 aromatic rings. The summed E-state index contributed by atoms with van der Waals surface area (Å²) in [6, 6.07) is 3.64. The predicted molar refractivity (Wildman–Crippen MR) is 108 cm³/mol. The normalized spacial score (nSPS) is 10.7. The fourth-order valence-corrected chi connectivity index (χ4v) is 4.29. The first-order valence-electron chi connectivity index (χ1n) is 8.23. The van der Waals surface area contributed by atoms with Crippen LogP contribution in [0.3, 0.4) is 0 Å². The summed E-state index contributed by atoms with van der Waals surface area (Å²) in [7, 11) is 0. The lowest BCUT2D eigenvalue weighted by Gasteiger charge is -2.08. The van der Waals surface area contributed by atoms with Crippen LogP contribution in [0, 0.1) is 0 Å². The number of carbonyl (C=O) groups excluding carboxylic acids is 2. The summed E-state index contributed by atoms with van der Waals surface area (Å²) in [4.78, 5) is 28.7. The van der Waals surface area contributed by atoms with Crippen LogP contribution in [0.15, 0.2) is 34.2 Å². The first-order valence-corrected chi connectivity index (χ1v) is 11.0. The average molecular weight is 423 g/mol. The van der Waals surface area contributed by atoms with E-state index >= 15 is 0 Å². The Labute approximate surface area is 168 Å². The highest BCUT2D eigenvalue weighted by Crippen LogP contribution is 2.18. The number of hydrogen-bond acceptors (Lipinski definition) is 8. The van der Waals surface area contributed by atoms with Gasteiger partial charge in [-0.3, -0.25) is 9.59 Å². The number of anilines is 1. The predicted octanol–water partition coefficient (Wildman–Crippen LogP) is 2.52. The monoisotopic (exact) mass is 422 g/mol. The Hall–Kier alpha value is -2.24. The molecule has 3 heterocycles. The van der Waals surface area contributed by atoms with Crippen molar-refractivity contribution < 1.29 is 9.59 Å². The number of thioether (sulfide) groups is 1.